The fourth-order valence-electron chi connectivity index (χ4n) is 2.60. The van der Waals surface area contributed by atoms with Crippen LogP contribution in [0, 0.1) is 0 Å². The lowest BCUT2D eigenvalue weighted by atomic mass is 9.95. The van der Waals surface area contributed by atoms with E-state index in [1.807, 2.05) is 24.3 Å². The van der Waals surface area contributed by atoms with Gasteiger partial charge in [-0.05, 0) is 59.7 Å². The Morgan fingerprint density at radius 1 is 0.826 bits per heavy atom. The first-order valence-corrected chi connectivity index (χ1v) is 7.61. The van der Waals surface area contributed by atoms with E-state index in [0.29, 0.717) is 17.8 Å². The summed E-state index contributed by atoms with van der Waals surface area (Å²) in [5, 5.41) is 0. The van der Waals surface area contributed by atoms with Crippen molar-refractivity contribution in [2.75, 3.05) is 0 Å². The summed E-state index contributed by atoms with van der Waals surface area (Å²) in [5.41, 5.74) is 5.69. The van der Waals surface area contributed by atoms with Gasteiger partial charge in [0.15, 0.2) is 0 Å². The highest BCUT2D eigenvalue weighted by molar-refractivity contribution is 5.57. The maximum absolute atomic E-state index is 10.6. The molecule has 2 aromatic rings. The van der Waals surface area contributed by atoms with Gasteiger partial charge in [-0.3, -0.25) is 0 Å². The predicted molar refractivity (Wildman–Crippen MR) is 90.0 cm³/mol. The zero-order valence-corrected chi connectivity index (χ0v) is 13.3. The molecule has 2 rings (SSSR count). The van der Waals surface area contributed by atoms with Gasteiger partial charge in [-0.25, -0.2) is 9.59 Å². The number of carbonyl (C=O) groups excluding carboxylic acids is 2. The minimum absolute atomic E-state index is 0.606. The van der Waals surface area contributed by atoms with Crippen molar-refractivity contribution in [2.24, 2.45) is 9.98 Å². The highest BCUT2D eigenvalue weighted by Crippen LogP contribution is 2.27. The summed E-state index contributed by atoms with van der Waals surface area (Å²) in [6.45, 7) is 4.14. The van der Waals surface area contributed by atoms with Crippen molar-refractivity contribution < 1.29 is 9.59 Å². The molecule has 0 aliphatic rings. The topological polar surface area (TPSA) is 58.9 Å². The zero-order chi connectivity index (χ0) is 16.7. The zero-order valence-electron chi connectivity index (χ0n) is 13.3. The molecule has 0 saturated carbocycles. The molecule has 0 atom stereocenters. The van der Waals surface area contributed by atoms with Crippen molar-refractivity contribution in [3.05, 3.63) is 58.7 Å². The van der Waals surface area contributed by atoms with Gasteiger partial charge >= 0.3 is 0 Å². The molecule has 4 nitrogen and oxygen atoms in total. The normalized spacial score (nSPS) is 9.83. The number of nitrogens with zero attached hydrogens (tertiary/aromatic N) is 2. The summed E-state index contributed by atoms with van der Waals surface area (Å²) in [7, 11) is 0. The van der Waals surface area contributed by atoms with Crippen LogP contribution < -0.4 is 0 Å². The highest BCUT2D eigenvalue weighted by Gasteiger charge is 2.08. The van der Waals surface area contributed by atoms with Crippen LogP contribution in [-0.2, 0) is 28.9 Å². The molecule has 116 valence electrons. The van der Waals surface area contributed by atoms with Crippen LogP contribution in [-0.4, -0.2) is 12.2 Å². The number of benzene rings is 2. The third-order valence-electron chi connectivity index (χ3n) is 3.84. The Kier molecular flexibility index (Phi) is 5.76. The molecule has 0 fully saturated rings. The van der Waals surface area contributed by atoms with Gasteiger partial charge in [0.25, 0.3) is 0 Å². The number of aliphatic imine (C=N–C) groups is 2. The van der Waals surface area contributed by atoms with Crippen LogP contribution in [0.25, 0.3) is 0 Å². The second-order valence-electron chi connectivity index (χ2n) is 5.21. The van der Waals surface area contributed by atoms with E-state index in [9.17, 15) is 9.59 Å². The molecule has 0 spiro atoms. The molecule has 2 aromatic carbocycles. The quantitative estimate of drug-likeness (QED) is 0.589. The molecule has 0 radical (unpaired) electrons. The molecule has 0 unspecified atom stereocenters. The van der Waals surface area contributed by atoms with Gasteiger partial charge in [-0.15, -0.1) is 0 Å². The smallest absolute Gasteiger partial charge is 0.211 e. The molecule has 0 aromatic heterocycles. The molecular weight excluding hydrogens is 288 g/mol. The van der Waals surface area contributed by atoms with Crippen molar-refractivity contribution in [3.8, 4) is 0 Å². The van der Waals surface area contributed by atoms with Crippen LogP contribution >= 0.6 is 0 Å². The third-order valence-corrected chi connectivity index (χ3v) is 3.84. The summed E-state index contributed by atoms with van der Waals surface area (Å²) < 4.78 is 0. The van der Waals surface area contributed by atoms with Gasteiger partial charge in [0, 0.05) is 0 Å². The summed E-state index contributed by atoms with van der Waals surface area (Å²) in [6.07, 6.45) is 5.60. The second kappa shape index (κ2) is 8.00. The van der Waals surface area contributed by atoms with Crippen LogP contribution in [0.15, 0.2) is 46.4 Å². The van der Waals surface area contributed by atoms with Gasteiger partial charge in [0.1, 0.15) is 0 Å². The average Bonchev–Trinajstić information content (AvgIpc) is 2.58. The van der Waals surface area contributed by atoms with Gasteiger partial charge in [-0.1, -0.05) is 32.0 Å². The van der Waals surface area contributed by atoms with E-state index < -0.39 is 0 Å². The van der Waals surface area contributed by atoms with E-state index in [1.54, 1.807) is 18.2 Å². The maximum atomic E-state index is 10.6. The molecule has 0 saturated heterocycles. The number of isocyanates is 2. The predicted octanol–water partition coefficient (Wildman–Crippen LogP) is 4.34. The number of hydrogen-bond acceptors (Lipinski definition) is 4. The minimum Gasteiger partial charge on any atom is -0.211 e. The Hall–Kier alpha value is -2.80. The van der Waals surface area contributed by atoms with Crippen LogP contribution in [0.4, 0.5) is 11.4 Å². The van der Waals surface area contributed by atoms with Crippen molar-refractivity contribution in [1.29, 1.82) is 0 Å². The lowest BCUT2D eigenvalue weighted by Crippen LogP contribution is -1.96. The summed E-state index contributed by atoms with van der Waals surface area (Å²) in [6, 6.07) is 11.6. The Bertz CT molecular complexity index is 799. The Morgan fingerprint density at radius 3 is 2.26 bits per heavy atom. The molecule has 23 heavy (non-hydrogen) atoms. The van der Waals surface area contributed by atoms with Gasteiger partial charge in [0.2, 0.25) is 12.2 Å². The number of rotatable bonds is 6. The van der Waals surface area contributed by atoms with Crippen LogP contribution in [0.2, 0.25) is 0 Å². The van der Waals surface area contributed by atoms with Gasteiger partial charge in [0.05, 0.1) is 11.4 Å². The molecular formula is C19H18N2O2. The van der Waals surface area contributed by atoms with E-state index in [2.05, 4.69) is 29.9 Å². The van der Waals surface area contributed by atoms with Crippen LogP contribution in [0.3, 0.4) is 0 Å². The standard InChI is InChI=1S/C19H18N2O2/c1-3-14-5-8-19(21-13-23)17(9-14)10-16-6-7-18(20-12-22)11-15(16)4-2/h5-9,11H,3-4,10H2,1-2H3. The van der Waals surface area contributed by atoms with Crippen LogP contribution in [0.5, 0.6) is 0 Å². The van der Waals surface area contributed by atoms with Crippen molar-refractivity contribution in [2.45, 2.75) is 33.1 Å². The Labute approximate surface area is 135 Å². The molecule has 0 aliphatic carbocycles. The molecule has 0 heterocycles. The number of hydrogen-bond donors (Lipinski definition) is 0. The fourth-order valence-corrected chi connectivity index (χ4v) is 2.60. The third kappa shape index (κ3) is 4.10. The first kappa shape index (κ1) is 16.6. The first-order chi connectivity index (χ1) is 11.2. The van der Waals surface area contributed by atoms with E-state index in [1.165, 1.54) is 5.56 Å². The SMILES string of the molecule is CCc1ccc(N=C=O)c(Cc2ccc(N=C=O)cc2CC)c1. The monoisotopic (exact) mass is 306 g/mol. The number of aryl methyl sites for hydroxylation is 2. The minimum atomic E-state index is 0.606. The highest BCUT2D eigenvalue weighted by atomic mass is 16.1. The molecule has 0 N–H and O–H groups in total. The fraction of sp³-hybridized carbons (Fsp3) is 0.263. The maximum Gasteiger partial charge on any atom is 0.240 e. The van der Waals surface area contributed by atoms with Gasteiger partial charge < -0.3 is 0 Å². The van der Waals surface area contributed by atoms with E-state index in [4.69, 9.17) is 0 Å². The van der Waals surface area contributed by atoms with E-state index in [0.717, 1.165) is 29.5 Å². The largest absolute Gasteiger partial charge is 0.240 e. The second-order valence-corrected chi connectivity index (χ2v) is 5.21. The van der Waals surface area contributed by atoms with E-state index >= 15 is 0 Å². The lowest BCUT2D eigenvalue weighted by Gasteiger charge is -2.11. The van der Waals surface area contributed by atoms with Crippen molar-refractivity contribution >= 4 is 23.5 Å². The molecule has 0 amide bonds. The summed E-state index contributed by atoms with van der Waals surface area (Å²) in [4.78, 5) is 28.5. The van der Waals surface area contributed by atoms with E-state index in [-0.39, 0.29) is 0 Å². The van der Waals surface area contributed by atoms with Crippen molar-refractivity contribution in [3.63, 3.8) is 0 Å². The Morgan fingerprint density at radius 2 is 1.61 bits per heavy atom. The first-order valence-electron chi connectivity index (χ1n) is 7.61. The summed E-state index contributed by atoms with van der Waals surface area (Å²) >= 11 is 0. The molecule has 0 aliphatic heterocycles. The van der Waals surface area contributed by atoms with Crippen LogP contribution in [0.1, 0.15) is 36.1 Å². The average molecular weight is 306 g/mol. The van der Waals surface area contributed by atoms with Crippen molar-refractivity contribution in [1.82, 2.24) is 0 Å². The summed E-state index contributed by atoms with van der Waals surface area (Å²) in [5.74, 6) is 0. The van der Waals surface area contributed by atoms with Gasteiger partial charge in [-0.2, -0.15) is 9.98 Å². The lowest BCUT2D eigenvalue weighted by molar-refractivity contribution is 0.564. The molecule has 4 heteroatoms. The Balaban J connectivity index is 2.45. The molecule has 0 bridgehead atoms.